The maximum atomic E-state index is 10.4. The van der Waals surface area contributed by atoms with Crippen molar-refractivity contribution in [2.24, 2.45) is 0 Å². The summed E-state index contributed by atoms with van der Waals surface area (Å²) in [6.07, 6.45) is 5.59. The molecule has 1 heterocycles. The minimum atomic E-state index is -0.388. The summed E-state index contributed by atoms with van der Waals surface area (Å²) >= 11 is 0. The van der Waals surface area contributed by atoms with Crippen LogP contribution in [-0.4, -0.2) is 29.5 Å². The van der Waals surface area contributed by atoms with Crippen molar-refractivity contribution in [1.29, 1.82) is 0 Å². The van der Waals surface area contributed by atoms with Gasteiger partial charge in [-0.25, -0.2) is 0 Å². The van der Waals surface area contributed by atoms with Gasteiger partial charge in [0.2, 0.25) is 0 Å². The van der Waals surface area contributed by atoms with Crippen LogP contribution in [0, 0.1) is 10.1 Å². The van der Waals surface area contributed by atoms with Crippen LogP contribution >= 0.6 is 0 Å². The van der Waals surface area contributed by atoms with Crippen LogP contribution in [0.1, 0.15) is 32.6 Å². The molecule has 0 bridgehead atoms. The van der Waals surface area contributed by atoms with Crippen molar-refractivity contribution in [2.75, 3.05) is 19.6 Å². The molecule has 0 radical (unpaired) electrons. The molecule has 0 spiro atoms. The third-order valence-corrected chi connectivity index (χ3v) is 2.51. The zero-order valence-corrected chi connectivity index (χ0v) is 9.24. The zero-order valence-electron chi connectivity index (χ0n) is 9.24. The highest BCUT2D eigenvalue weighted by Gasteiger charge is 2.16. The molecule has 15 heavy (non-hydrogen) atoms. The fourth-order valence-corrected chi connectivity index (χ4v) is 1.73. The molecule has 0 aromatic rings. The van der Waals surface area contributed by atoms with Gasteiger partial charge in [-0.1, -0.05) is 19.8 Å². The van der Waals surface area contributed by atoms with Crippen molar-refractivity contribution in [1.82, 2.24) is 10.2 Å². The van der Waals surface area contributed by atoms with Crippen molar-refractivity contribution >= 4 is 0 Å². The predicted molar refractivity (Wildman–Crippen MR) is 58.8 cm³/mol. The lowest BCUT2D eigenvalue weighted by Crippen LogP contribution is -2.40. The first-order valence-electron chi connectivity index (χ1n) is 5.58. The van der Waals surface area contributed by atoms with Gasteiger partial charge in [-0.15, -0.1) is 0 Å². The maximum Gasteiger partial charge on any atom is 0.274 e. The van der Waals surface area contributed by atoms with Crippen molar-refractivity contribution in [3.8, 4) is 0 Å². The zero-order chi connectivity index (χ0) is 11.1. The van der Waals surface area contributed by atoms with Gasteiger partial charge < -0.3 is 10.2 Å². The predicted octanol–water partition coefficient (Wildman–Crippen LogP) is 1.55. The van der Waals surface area contributed by atoms with E-state index in [9.17, 15) is 10.1 Å². The topological polar surface area (TPSA) is 58.4 Å². The van der Waals surface area contributed by atoms with Gasteiger partial charge in [-0.2, -0.15) is 0 Å². The molecule has 86 valence electrons. The Hall–Kier alpha value is -1.26. The number of hydrogen-bond donors (Lipinski definition) is 1. The van der Waals surface area contributed by atoms with E-state index in [0.717, 1.165) is 38.7 Å². The average molecular weight is 213 g/mol. The van der Waals surface area contributed by atoms with Crippen LogP contribution in [0.3, 0.4) is 0 Å². The molecule has 1 aliphatic heterocycles. The molecule has 0 aromatic heterocycles. The van der Waals surface area contributed by atoms with E-state index in [1.165, 1.54) is 12.8 Å². The van der Waals surface area contributed by atoms with Crippen molar-refractivity contribution in [3.05, 3.63) is 22.1 Å². The quantitative estimate of drug-likeness (QED) is 0.427. The number of nitro groups is 1. The molecule has 0 atom stereocenters. The molecular formula is C10H19N3O2. The summed E-state index contributed by atoms with van der Waals surface area (Å²) < 4.78 is 0. The first-order chi connectivity index (χ1) is 7.24. The lowest BCUT2D eigenvalue weighted by molar-refractivity contribution is -0.404. The molecule has 5 nitrogen and oxygen atoms in total. The van der Waals surface area contributed by atoms with Crippen LogP contribution in [0.25, 0.3) is 0 Å². The van der Waals surface area contributed by atoms with E-state index < -0.39 is 0 Å². The molecule has 0 aliphatic carbocycles. The molecule has 1 fully saturated rings. The van der Waals surface area contributed by atoms with E-state index in [1.54, 1.807) is 0 Å². The molecule has 1 rings (SSSR count). The van der Waals surface area contributed by atoms with E-state index in [4.69, 9.17) is 0 Å². The standard InChI is InChI=1S/C10H19N3O2/c1-2-3-4-7-12-8-5-6-11-10(12)9-13(14)15/h9,11H,2-8H2,1H3/b10-9-. The molecule has 5 heteroatoms. The first-order valence-corrected chi connectivity index (χ1v) is 5.58. The lowest BCUT2D eigenvalue weighted by Gasteiger charge is -2.30. The normalized spacial score (nSPS) is 19.0. The van der Waals surface area contributed by atoms with Crippen LogP contribution < -0.4 is 5.32 Å². The maximum absolute atomic E-state index is 10.4. The summed E-state index contributed by atoms with van der Waals surface area (Å²) in [5.74, 6) is 0.669. The highest BCUT2D eigenvalue weighted by Crippen LogP contribution is 2.09. The van der Waals surface area contributed by atoms with Crippen LogP contribution in [0.4, 0.5) is 0 Å². The Bertz CT molecular complexity index is 241. The summed E-state index contributed by atoms with van der Waals surface area (Å²) in [7, 11) is 0. The SMILES string of the molecule is CCCCCN1CCCN/C1=C/[N+](=O)[O-]. The Morgan fingerprint density at radius 3 is 3.07 bits per heavy atom. The van der Waals surface area contributed by atoms with E-state index in [-0.39, 0.29) is 4.92 Å². The highest BCUT2D eigenvalue weighted by atomic mass is 16.6. The largest absolute Gasteiger partial charge is 0.367 e. The number of hydrogen-bond acceptors (Lipinski definition) is 4. The Morgan fingerprint density at radius 1 is 1.60 bits per heavy atom. The Kier molecular flexibility index (Phi) is 4.93. The van der Waals surface area contributed by atoms with Crippen LogP contribution in [0.5, 0.6) is 0 Å². The number of nitrogens with one attached hydrogen (secondary N) is 1. The van der Waals surface area contributed by atoms with Gasteiger partial charge in [0.25, 0.3) is 6.20 Å². The first kappa shape index (κ1) is 11.8. The van der Waals surface area contributed by atoms with Crippen LogP contribution in [0.15, 0.2) is 12.0 Å². The van der Waals surface area contributed by atoms with Gasteiger partial charge in [0.15, 0.2) is 5.82 Å². The van der Waals surface area contributed by atoms with E-state index in [2.05, 4.69) is 17.1 Å². The van der Waals surface area contributed by atoms with E-state index in [0.29, 0.717) is 5.82 Å². The van der Waals surface area contributed by atoms with E-state index >= 15 is 0 Å². The third-order valence-electron chi connectivity index (χ3n) is 2.51. The van der Waals surface area contributed by atoms with Crippen molar-refractivity contribution < 1.29 is 4.92 Å². The molecule has 1 N–H and O–H groups in total. The fraction of sp³-hybridized carbons (Fsp3) is 0.800. The number of rotatable bonds is 5. The van der Waals surface area contributed by atoms with Crippen molar-refractivity contribution in [3.63, 3.8) is 0 Å². The second-order valence-electron chi connectivity index (χ2n) is 3.77. The second-order valence-corrected chi connectivity index (χ2v) is 3.77. The average Bonchev–Trinajstić information content (AvgIpc) is 2.20. The Balaban J connectivity index is 2.46. The number of nitrogens with zero attached hydrogens (tertiary/aromatic N) is 2. The smallest absolute Gasteiger partial charge is 0.274 e. The minimum Gasteiger partial charge on any atom is -0.367 e. The molecule has 0 aromatic carbocycles. The van der Waals surface area contributed by atoms with Crippen molar-refractivity contribution in [2.45, 2.75) is 32.6 Å². The van der Waals surface area contributed by atoms with Gasteiger partial charge >= 0.3 is 0 Å². The number of unbranched alkanes of at least 4 members (excludes halogenated alkanes) is 2. The summed E-state index contributed by atoms with van der Waals surface area (Å²) in [6, 6.07) is 0. The summed E-state index contributed by atoms with van der Waals surface area (Å²) in [4.78, 5) is 12.1. The third kappa shape index (κ3) is 4.18. The molecule has 0 saturated carbocycles. The van der Waals surface area contributed by atoms with Gasteiger partial charge in [0, 0.05) is 19.6 Å². The monoisotopic (exact) mass is 213 g/mol. The molecule has 0 amide bonds. The lowest BCUT2D eigenvalue weighted by atomic mass is 10.2. The second kappa shape index (κ2) is 6.27. The Labute approximate surface area is 90.3 Å². The van der Waals surface area contributed by atoms with E-state index in [1.807, 2.05) is 0 Å². The molecular weight excluding hydrogens is 194 g/mol. The molecule has 1 saturated heterocycles. The molecule has 0 unspecified atom stereocenters. The Morgan fingerprint density at radius 2 is 2.40 bits per heavy atom. The molecule has 1 aliphatic rings. The van der Waals surface area contributed by atoms with Gasteiger partial charge in [0.1, 0.15) is 0 Å². The van der Waals surface area contributed by atoms with Gasteiger partial charge in [-0.05, 0) is 12.8 Å². The summed E-state index contributed by atoms with van der Waals surface area (Å²) in [5.41, 5.74) is 0. The van der Waals surface area contributed by atoms with Crippen LogP contribution in [0.2, 0.25) is 0 Å². The summed E-state index contributed by atoms with van der Waals surface area (Å²) in [6.45, 7) is 4.84. The minimum absolute atomic E-state index is 0.388. The van der Waals surface area contributed by atoms with Gasteiger partial charge in [-0.3, -0.25) is 10.1 Å². The highest BCUT2D eigenvalue weighted by molar-refractivity contribution is 4.97. The van der Waals surface area contributed by atoms with Gasteiger partial charge in [0.05, 0.1) is 4.92 Å². The fourth-order valence-electron chi connectivity index (χ4n) is 1.73. The van der Waals surface area contributed by atoms with Crippen LogP contribution in [-0.2, 0) is 0 Å². The summed E-state index contributed by atoms with van der Waals surface area (Å²) in [5, 5.41) is 13.5.